The van der Waals surface area contributed by atoms with Crippen LogP contribution in [0.3, 0.4) is 0 Å². The molecule has 1 aliphatic heterocycles. The molecule has 0 saturated carbocycles. The van der Waals surface area contributed by atoms with Crippen LogP contribution in [-0.2, 0) is 16.4 Å². The molecule has 1 saturated heterocycles. The lowest BCUT2D eigenvalue weighted by Crippen LogP contribution is -2.25. The highest BCUT2D eigenvalue weighted by molar-refractivity contribution is 8.19. The smallest absolute Gasteiger partial charge is 0.251 e. The van der Waals surface area contributed by atoms with Gasteiger partial charge in [0, 0.05) is 23.6 Å². The Labute approximate surface area is 162 Å². The van der Waals surface area contributed by atoms with Crippen molar-refractivity contribution in [3.8, 4) is 0 Å². The summed E-state index contributed by atoms with van der Waals surface area (Å²) in [7, 11) is -3.67. The first-order valence-corrected chi connectivity index (χ1v) is 11.8. The lowest BCUT2D eigenvalue weighted by atomic mass is 10.1. The Balaban J connectivity index is 1.50. The van der Waals surface area contributed by atoms with E-state index < -0.39 is 10.0 Å². The van der Waals surface area contributed by atoms with Gasteiger partial charge < -0.3 is 5.32 Å². The number of nitrogens with two attached hydrogens (primary N) is 1. The molecule has 0 radical (unpaired) electrons. The summed E-state index contributed by atoms with van der Waals surface area (Å²) in [6.07, 6.45) is 0.615. The minimum Gasteiger partial charge on any atom is -0.352 e. The van der Waals surface area contributed by atoms with E-state index in [-0.39, 0.29) is 10.8 Å². The summed E-state index contributed by atoms with van der Waals surface area (Å²) < 4.78 is 22.9. The number of sulfonamides is 1. The summed E-state index contributed by atoms with van der Waals surface area (Å²) in [6, 6.07) is 14.1. The topological polar surface area (TPSA) is 89.3 Å². The molecule has 26 heavy (non-hydrogen) atoms. The van der Waals surface area contributed by atoms with Gasteiger partial charge in [-0.25, -0.2) is 13.6 Å². The molecule has 2 aromatic carbocycles. The monoisotopic (exact) mass is 408 g/mol. The van der Waals surface area contributed by atoms with E-state index in [4.69, 9.17) is 5.14 Å². The lowest BCUT2D eigenvalue weighted by Gasteiger charge is -2.10. The summed E-state index contributed by atoms with van der Waals surface area (Å²) in [6.45, 7) is 0.476. The minimum atomic E-state index is -3.67. The molecule has 5 nitrogen and oxygen atoms in total. The number of carbonyl (C=O) groups excluding carboxylic acids is 1. The van der Waals surface area contributed by atoms with Crippen LogP contribution in [-0.4, -0.2) is 32.4 Å². The molecule has 1 fully saturated rings. The second-order valence-corrected chi connectivity index (χ2v) is 10.2. The zero-order chi connectivity index (χ0) is 18.6. The second kappa shape index (κ2) is 8.47. The average Bonchev–Trinajstić information content (AvgIpc) is 3.16. The van der Waals surface area contributed by atoms with E-state index in [1.807, 2.05) is 47.8 Å². The summed E-state index contributed by atoms with van der Waals surface area (Å²) in [5.41, 5.74) is 2.83. The fourth-order valence-electron chi connectivity index (χ4n) is 2.61. The van der Waals surface area contributed by atoms with Crippen molar-refractivity contribution in [3.63, 3.8) is 0 Å². The molecule has 0 aromatic heterocycles. The first kappa shape index (κ1) is 19.3. The highest BCUT2D eigenvalue weighted by Gasteiger charge is 2.18. The van der Waals surface area contributed by atoms with Gasteiger partial charge in [0.2, 0.25) is 10.0 Å². The molecule has 3 N–H and O–H groups in total. The van der Waals surface area contributed by atoms with Gasteiger partial charge in [0.25, 0.3) is 5.91 Å². The van der Waals surface area contributed by atoms with E-state index in [9.17, 15) is 13.2 Å². The molecule has 3 rings (SSSR count). The molecule has 0 unspecified atom stereocenters. The van der Waals surface area contributed by atoms with Crippen LogP contribution in [0.2, 0.25) is 0 Å². The summed E-state index contributed by atoms with van der Waals surface area (Å²) in [5.74, 6) is 2.25. The molecular weight excluding hydrogens is 388 g/mol. The van der Waals surface area contributed by atoms with Crippen LogP contribution in [0.4, 0.5) is 0 Å². The highest BCUT2D eigenvalue weighted by Crippen LogP contribution is 2.45. The number of nitrogens with one attached hydrogen (secondary N) is 1. The third-order valence-electron chi connectivity index (χ3n) is 4.02. The van der Waals surface area contributed by atoms with Crippen LogP contribution < -0.4 is 10.5 Å². The molecule has 1 aliphatic rings. The van der Waals surface area contributed by atoms with Crippen LogP contribution in [0.25, 0.3) is 0 Å². The number of amides is 1. The van der Waals surface area contributed by atoms with Crippen LogP contribution >= 0.6 is 23.5 Å². The number of thioether (sulfide) groups is 2. The molecular formula is C18H20N2O3S3. The predicted octanol–water partition coefficient (Wildman–Crippen LogP) is 2.79. The van der Waals surface area contributed by atoms with E-state index in [0.29, 0.717) is 23.1 Å². The van der Waals surface area contributed by atoms with E-state index >= 15 is 0 Å². The molecule has 1 heterocycles. The van der Waals surface area contributed by atoms with Crippen molar-refractivity contribution >= 4 is 39.5 Å². The van der Waals surface area contributed by atoms with Crippen LogP contribution in [0.1, 0.15) is 26.1 Å². The number of hydrogen-bond acceptors (Lipinski definition) is 5. The number of carbonyl (C=O) groups is 1. The SMILES string of the molecule is NS(=O)(=O)c1ccc(CCNC(=O)c2ccc(C3SCCS3)cc2)cc1. The van der Waals surface area contributed by atoms with Crippen molar-refractivity contribution in [3.05, 3.63) is 65.2 Å². The Kier molecular flexibility index (Phi) is 6.29. The van der Waals surface area contributed by atoms with Crippen molar-refractivity contribution in [2.24, 2.45) is 5.14 Å². The Morgan fingerprint density at radius 2 is 1.65 bits per heavy atom. The van der Waals surface area contributed by atoms with Crippen LogP contribution in [0, 0.1) is 0 Å². The maximum atomic E-state index is 12.2. The summed E-state index contributed by atoms with van der Waals surface area (Å²) in [4.78, 5) is 12.3. The number of primary sulfonamides is 1. The molecule has 2 aromatic rings. The molecule has 1 amide bonds. The van der Waals surface area contributed by atoms with Gasteiger partial charge in [0.05, 0.1) is 9.48 Å². The van der Waals surface area contributed by atoms with Gasteiger partial charge >= 0.3 is 0 Å². The number of benzene rings is 2. The van der Waals surface area contributed by atoms with Gasteiger partial charge in [0.15, 0.2) is 0 Å². The third-order valence-corrected chi connectivity index (χ3v) is 8.05. The molecule has 138 valence electrons. The van der Waals surface area contributed by atoms with Crippen molar-refractivity contribution in [2.75, 3.05) is 18.1 Å². The highest BCUT2D eigenvalue weighted by atomic mass is 32.2. The Morgan fingerprint density at radius 1 is 1.04 bits per heavy atom. The Bertz CT molecular complexity index is 860. The normalized spacial score (nSPS) is 15.1. The van der Waals surface area contributed by atoms with Crippen molar-refractivity contribution in [2.45, 2.75) is 15.9 Å². The lowest BCUT2D eigenvalue weighted by molar-refractivity contribution is 0.0954. The van der Waals surface area contributed by atoms with Crippen molar-refractivity contribution in [1.82, 2.24) is 5.32 Å². The zero-order valence-corrected chi connectivity index (χ0v) is 16.5. The van der Waals surface area contributed by atoms with Gasteiger partial charge in [-0.05, 0) is 41.8 Å². The quantitative estimate of drug-likeness (QED) is 0.767. The Morgan fingerprint density at radius 3 is 2.23 bits per heavy atom. The van der Waals surface area contributed by atoms with E-state index in [1.165, 1.54) is 29.2 Å². The zero-order valence-electron chi connectivity index (χ0n) is 14.1. The van der Waals surface area contributed by atoms with Crippen molar-refractivity contribution in [1.29, 1.82) is 0 Å². The fraction of sp³-hybridized carbons (Fsp3) is 0.278. The first-order valence-electron chi connectivity index (χ1n) is 8.16. The summed E-state index contributed by atoms with van der Waals surface area (Å²) in [5, 5.41) is 7.96. The molecule has 0 spiro atoms. The van der Waals surface area contributed by atoms with Gasteiger partial charge in [0.1, 0.15) is 0 Å². The molecule has 8 heteroatoms. The minimum absolute atomic E-state index is 0.0870. The molecule has 0 bridgehead atoms. The van der Waals surface area contributed by atoms with Gasteiger partial charge in [-0.1, -0.05) is 24.3 Å². The number of rotatable bonds is 6. The van der Waals surface area contributed by atoms with E-state index in [2.05, 4.69) is 5.32 Å². The maximum absolute atomic E-state index is 12.2. The number of hydrogen-bond donors (Lipinski definition) is 2. The standard InChI is InChI=1S/C18H20N2O3S3/c19-26(22,23)16-7-1-13(2-8-16)9-10-20-17(21)14-3-5-15(6-4-14)18-24-11-12-25-18/h1-8,18H,9-12H2,(H,20,21)(H2,19,22,23). The second-order valence-electron chi connectivity index (χ2n) is 5.89. The van der Waals surface area contributed by atoms with Crippen LogP contribution in [0.15, 0.2) is 53.4 Å². The summed E-state index contributed by atoms with van der Waals surface area (Å²) >= 11 is 3.88. The van der Waals surface area contributed by atoms with Crippen LogP contribution in [0.5, 0.6) is 0 Å². The first-order chi connectivity index (χ1) is 12.4. The predicted molar refractivity (Wildman–Crippen MR) is 108 cm³/mol. The largest absolute Gasteiger partial charge is 0.352 e. The van der Waals surface area contributed by atoms with Crippen molar-refractivity contribution < 1.29 is 13.2 Å². The third kappa shape index (κ3) is 5.03. The molecule has 0 atom stereocenters. The van der Waals surface area contributed by atoms with E-state index in [0.717, 1.165) is 5.56 Å². The van der Waals surface area contributed by atoms with E-state index in [1.54, 1.807) is 12.1 Å². The fourth-order valence-corrected chi connectivity index (χ4v) is 5.99. The maximum Gasteiger partial charge on any atom is 0.251 e. The van der Waals surface area contributed by atoms with Gasteiger partial charge in [-0.15, -0.1) is 23.5 Å². The Hall–Kier alpha value is -1.48. The average molecular weight is 409 g/mol. The van der Waals surface area contributed by atoms with Gasteiger partial charge in [-0.3, -0.25) is 4.79 Å². The molecule has 0 aliphatic carbocycles. The van der Waals surface area contributed by atoms with Gasteiger partial charge in [-0.2, -0.15) is 0 Å².